The minimum Gasteiger partial charge on any atom is -0.394 e. The molecule has 270 valence electrons. The van der Waals surface area contributed by atoms with Crippen molar-refractivity contribution in [1.29, 1.82) is 0 Å². The number of aliphatic hydroxyl groups is 12. The van der Waals surface area contributed by atoms with Gasteiger partial charge in [-0.05, 0) is 0 Å². The maximum atomic E-state index is 11.1. The van der Waals surface area contributed by atoms with Gasteiger partial charge in [0.05, 0.1) is 32.5 Å². The van der Waals surface area contributed by atoms with E-state index in [2.05, 4.69) is 0 Å². The minimum absolute atomic E-state index is 0.531. The summed E-state index contributed by atoms with van der Waals surface area (Å²) in [5.41, 5.74) is 0. The highest BCUT2D eigenvalue weighted by atomic mass is 16.8. The molecule has 4 rings (SSSR count). The largest absolute Gasteiger partial charge is 0.394 e. The van der Waals surface area contributed by atoms with Crippen LogP contribution in [0, 0.1) is 5.92 Å². The Hall–Kier alpha value is -0.800. The first-order valence-electron chi connectivity index (χ1n) is 14.8. The molecule has 0 aromatic carbocycles. The fourth-order valence-electron chi connectivity index (χ4n) is 5.84. The van der Waals surface area contributed by atoms with Crippen molar-refractivity contribution in [1.82, 2.24) is 0 Å². The third-order valence-electron chi connectivity index (χ3n) is 8.74. The monoisotopic (exact) mass is 678 g/mol. The molecule has 20 nitrogen and oxygen atoms in total. The highest BCUT2D eigenvalue weighted by Crippen LogP contribution is 2.34. The average molecular weight is 679 g/mol. The fraction of sp³-hybridized carbons (Fsp3) is 1.00. The molecule has 12 N–H and O–H groups in total. The van der Waals surface area contributed by atoms with Crippen molar-refractivity contribution in [3.63, 3.8) is 0 Å². The van der Waals surface area contributed by atoms with Gasteiger partial charge in [-0.1, -0.05) is 6.92 Å². The van der Waals surface area contributed by atoms with Crippen molar-refractivity contribution >= 4 is 0 Å². The molecule has 46 heavy (non-hydrogen) atoms. The molecule has 4 saturated heterocycles. The molecule has 4 aliphatic rings. The van der Waals surface area contributed by atoms with Crippen LogP contribution in [-0.4, -0.2) is 212 Å². The zero-order valence-electron chi connectivity index (χ0n) is 25.0. The van der Waals surface area contributed by atoms with E-state index in [4.69, 9.17) is 37.9 Å². The zero-order valence-corrected chi connectivity index (χ0v) is 25.0. The lowest BCUT2D eigenvalue weighted by molar-refractivity contribution is -0.370. The Bertz CT molecular complexity index is 928. The summed E-state index contributed by atoms with van der Waals surface area (Å²) >= 11 is 0. The van der Waals surface area contributed by atoms with Crippen LogP contribution in [0.3, 0.4) is 0 Å². The molecule has 0 amide bonds. The molecule has 0 spiro atoms. The molecule has 0 radical (unpaired) electrons. The van der Waals surface area contributed by atoms with Crippen LogP contribution in [0.1, 0.15) is 6.92 Å². The van der Waals surface area contributed by atoms with Gasteiger partial charge in [-0.15, -0.1) is 0 Å². The third kappa shape index (κ3) is 7.66. The number of ether oxygens (including phenoxy) is 8. The molecule has 0 aliphatic carbocycles. The molecule has 0 bridgehead atoms. The van der Waals surface area contributed by atoms with Crippen LogP contribution in [0.2, 0.25) is 0 Å². The van der Waals surface area contributed by atoms with Gasteiger partial charge in [-0.2, -0.15) is 0 Å². The van der Waals surface area contributed by atoms with E-state index in [0.29, 0.717) is 0 Å². The van der Waals surface area contributed by atoms with Gasteiger partial charge in [-0.25, -0.2) is 0 Å². The predicted molar refractivity (Wildman–Crippen MR) is 142 cm³/mol. The summed E-state index contributed by atoms with van der Waals surface area (Å²) in [6, 6.07) is 0. The van der Waals surface area contributed by atoms with E-state index in [-0.39, 0.29) is 0 Å². The Balaban J connectivity index is 1.45. The summed E-state index contributed by atoms with van der Waals surface area (Å²) < 4.78 is 44.4. The maximum absolute atomic E-state index is 11.1. The lowest BCUT2D eigenvalue weighted by atomic mass is 9.91. The fourth-order valence-corrected chi connectivity index (χ4v) is 5.84. The summed E-state index contributed by atoms with van der Waals surface area (Å²) in [7, 11) is 1.32. The molecule has 4 fully saturated rings. The molecule has 20 atom stereocenters. The smallest absolute Gasteiger partial charge is 0.187 e. The third-order valence-corrected chi connectivity index (χ3v) is 8.74. The van der Waals surface area contributed by atoms with Gasteiger partial charge in [0, 0.05) is 13.0 Å². The molecular weight excluding hydrogens is 632 g/mol. The van der Waals surface area contributed by atoms with Crippen molar-refractivity contribution in [3.8, 4) is 0 Å². The zero-order chi connectivity index (χ0) is 34.0. The van der Waals surface area contributed by atoms with E-state index in [1.807, 2.05) is 0 Å². The van der Waals surface area contributed by atoms with Crippen molar-refractivity contribution in [2.24, 2.45) is 5.92 Å². The van der Waals surface area contributed by atoms with Crippen LogP contribution < -0.4 is 0 Å². The highest BCUT2D eigenvalue weighted by molar-refractivity contribution is 4.96. The summed E-state index contributed by atoms with van der Waals surface area (Å²) in [6.45, 7) is -1.24. The Morgan fingerprint density at radius 1 is 0.457 bits per heavy atom. The van der Waals surface area contributed by atoms with Gasteiger partial charge in [-0.3, -0.25) is 0 Å². The van der Waals surface area contributed by atoms with Crippen molar-refractivity contribution in [2.75, 3.05) is 33.5 Å². The standard InChI is InChI=1S/C26H46O20/c1-7-12(30)22(46-26-19(37)16(34)14(32)9(4-28)42-26)11(44-23(7)39-2)6-40-24-20(38)17(35)21(10(5-29)43-24)45-25-18(36)15(33)13(31)8(3-27)41-25/h7-38H,3-6H2,1-2H3/t7?,8?,9?,10?,11?,12-,13+,14+,15+,16+,17-,18?,19?,20?,21-,22-,23-,24-,25+,26+/m1/s1. The van der Waals surface area contributed by atoms with Gasteiger partial charge < -0.3 is 99.2 Å². The highest BCUT2D eigenvalue weighted by Gasteiger charge is 2.53. The van der Waals surface area contributed by atoms with E-state index in [1.165, 1.54) is 7.11 Å². The van der Waals surface area contributed by atoms with Crippen LogP contribution in [0.15, 0.2) is 0 Å². The van der Waals surface area contributed by atoms with Crippen LogP contribution in [-0.2, 0) is 37.9 Å². The molecule has 0 aromatic rings. The lowest BCUT2D eigenvalue weighted by Crippen LogP contribution is -2.65. The lowest BCUT2D eigenvalue weighted by Gasteiger charge is -2.47. The first-order chi connectivity index (χ1) is 21.8. The molecule has 0 aromatic heterocycles. The van der Waals surface area contributed by atoms with Gasteiger partial charge in [0.2, 0.25) is 0 Å². The van der Waals surface area contributed by atoms with Gasteiger partial charge in [0.15, 0.2) is 25.2 Å². The van der Waals surface area contributed by atoms with Gasteiger partial charge in [0.1, 0.15) is 85.5 Å². The SMILES string of the molecule is CO[C@@H]1OC(CO[C@@H]2OC(CO)[C@@H](O[C@@H]3OC(CO)[C@H](O)[C@H](O)C3O)[C@H](O)C2O)[C@@H](O[C@@H]2OC(CO)[C@H](O)[C@H](O)C2O)[C@H](O)C1C. The van der Waals surface area contributed by atoms with Crippen molar-refractivity contribution in [3.05, 3.63) is 0 Å². The second kappa shape index (κ2) is 16.3. The van der Waals surface area contributed by atoms with Gasteiger partial charge in [0.25, 0.3) is 0 Å². The van der Waals surface area contributed by atoms with Crippen LogP contribution in [0.5, 0.6) is 0 Å². The summed E-state index contributed by atoms with van der Waals surface area (Å²) in [5.74, 6) is -0.714. The minimum atomic E-state index is -1.87. The van der Waals surface area contributed by atoms with E-state index < -0.39 is 149 Å². The van der Waals surface area contributed by atoms with Crippen molar-refractivity contribution < 1.29 is 99.2 Å². The summed E-state index contributed by atoms with van der Waals surface area (Å²) in [4.78, 5) is 0. The van der Waals surface area contributed by atoms with Gasteiger partial charge >= 0.3 is 0 Å². The summed E-state index contributed by atoms with van der Waals surface area (Å²) in [5, 5.41) is 123. The molecule has 4 heterocycles. The topological polar surface area (TPSA) is 317 Å². The second-order valence-corrected chi connectivity index (χ2v) is 11.8. The van der Waals surface area contributed by atoms with Crippen LogP contribution in [0.4, 0.5) is 0 Å². The number of rotatable bonds is 11. The normalized spacial score (nSPS) is 52.0. The van der Waals surface area contributed by atoms with Crippen LogP contribution in [0.25, 0.3) is 0 Å². The van der Waals surface area contributed by atoms with Crippen LogP contribution >= 0.6 is 0 Å². The van der Waals surface area contributed by atoms with E-state index in [1.54, 1.807) is 6.92 Å². The Kier molecular flexibility index (Phi) is 13.4. The number of aliphatic hydroxyl groups excluding tert-OH is 12. The number of hydrogen-bond donors (Lipinski definition) is 12. The molecule has 8 unspecified atom stereocenters. The molecule has 20 heteroatoms. The first kappa shape index (κ1) is 38.0. The molecule has 4 aliphatic heterocycles. The Morgan fingerprint density at radius 2 is 0.870 bits per heavy atom. The van der Waals surface area contributed by atoms with E-state index in [9.17, 15) is 61.3 Å². The molecule has 0 saturated carbocycles. The quantitative estimate of drug-likeness (QED) is 0.0965. The number of hydrogen-bond acceptors (Lipinski definition) is 20. The Morgan fingerprint density at radius 3 is 1.33 bits per heavy atom. The number of methoxy groups -OCH3 is 1. The second-order valence-electron chi connectivity index (χ2n) is 11.8. The van der Waals surface area contributed by atoms with E-state index in [0.717, 1.165) is 0 Å². The predicted octanol–water partition coefficient (Wildman–Crippen LogP) is -7.82. The van der Waals surface area contributed by atoms with Crippen molar-refractivity contribution in [2.45, 2.75) is 124 Å². The molecular formula is C26H46O20. The van der Waals surface area contributed by atoms with E-state index >= 15 is 0 Å². The first-order valence-corrected chi connectivity index (χ1v) is 14.8. The average Bonchev–Trinajstić information content (AvgIpc) is 3.05. The Labute approximate surface area is 262 Å². The summed E-state index contributed by atoms with van der Waals surface area (Å²) in [6.07, 6.45) is -29.9. The maximum Gasteiger partial charge on any atom is 0.187 e.